The Labute approximate surface area is 196 Å². The van der Waals surface area contributed by atoms with Crippen LogP contribution in [0.25, 0.3) is 0 Å². The van der Waals surface area contributed by atoms with Crippen LogP contribution in [0.15, 0.2) is 35.3 Å². The zero-order chi connectivity index (χ0) is 20.1. The average molecular weight is 527 g/mol. The summed E-state index contributed by atoms with van der Waals surface area (Å²) in [7, 11) is 1.83. The number of nitrogens with one attached hydrogen (secondary N) is 2. The number of likely N-dealkylation sites (tertiary alicyclic amines) is 1. The molecule has 3 aliphatic rings. The second kappa shape index (κ2) is 11.3. The standard InChI is InChI=1S/C22H33N5O2.HI/c1-23-22(24-11-5-8-21(28)25-18-9-10-18)27-15-19-20(16-27)29-13-12-26(19)14-17-6-3-2-4-7-17;/h2-4,6-7,18-20H,5,8-16H2,1H3,(H,23,24)(H,25,28);1H. The highest BCUT2D eigenvalue weighted by molar-refractivity contribution is 14.0. The van der Waals surface area contributed by atoms with Crippen molar-refractivity contribution in [1.82, 2.24) is 20.4 Å². The lowest BCUT2D eigenvalue weighted by Gasteiger charge is -2.36. The van der Waals surface area contributed by atoms with Gasteiger partial charge in [0.05, 0.1) is 18.8 Å². The van der Waals surface area contributed by atoms with Gasteiger partial charge in [0, 0.05) is 52.2 Å². The van der Waals surface area contributed by atoms with E-state index in [0.29, 0.717) is 18.5 Å². The SMILES string of the molecule is CN=C(NCCCC(=O)NC1CC1)N1CC2OCCN(Cc3ccccc3)C2C1.I. The van der Waals surface area contributed by atoms with Gasteiger partial charge in [-0.1, -0.05) is 30.3 Å². The molecule has 1 aromatic rings. The number of carbonyl (C=O) groups excluding carboxylic acids is 1. The third-order valence-electron chi connectivity index (χ3n) is 5.96. The molecule has 1 amide bonds. The fraction of sp³-hybridized carbons (Fsp3) is 0.636. The largest absolute Gasteiger partial charge is 0.373 e. The van der Waals surface area contributed by atoms with Gasteiger partial charge in [-0.3, -0.25) is 14.7 Å². The Morgan fingerprint density at radius 3 is 2.77 bits per heavy atom. The molecule has 3 fully saturated rings. The van der Waals surface area contributed by atoms with E-state index >= 15 is 0 Å². The number of benzene rings is 1. The second-order valence-corrected chi connectivity index (χ2v) is 8.26. The summed E-state index contributed by atoms with van der Waals surface area (Å²) in [6, 6.07) is 11.5. The van der Waals surface area contributed by atoms with Crippen molar-refractivity contribution in [2.45, 2.75) is 50.4 Å². The zero-order valence-electron chi connectivity index (χ0n) is 17.8. The highest BCUT2D eigenvalue weighted by Gasteiger charge is 2.41. The van der Waals surface area contributed by atoms with E-state index < -0.39 is 0 Å². The monoisotopic (exact) mass is 527 g/mol. The molecule has 2 unspecified atom stereocenters. The topological polar surface area (TPSA) is 69.2 Å². The Hall–Kier alpha value is -1.39. The molecule has 30 heavy (non-hydrogen) atoms. The van der Waals surface area contributed by atoms with Gasteiger partial charge in [0.1, 0.15) is 0 Å². The zero-order valence-corrected chi connectivity index (χ0v) is 20.1. The van der Waals surface area contributed by atoms with E-state index in [1.54, 1.807) is 0 Å². The Bertz CT molecular complexity index is 713. The van der Waals surface area contributed by atoms with Crippen LogP contribution < -0.4 is 10.6 Å². The van der Waals surface area contributed by atoms with Crippen molar-refractivity contribution in [2.75, 3.05) is 39.8 Å². The average Bonchev–Trinajstić information content (AvgIpc) is 3.43. The van der Waals surface area contributed by atoms with E-state index in [1.165, 1.54) is 5.56 Å². The predicted molar refractivity (Wildman–Crippen MR) is 129 cm³/mol. The Morgan fingerprint density at radius 1 is 1.23 bits per heavy atom. The van der Waals surface area contributed by atoms with E-state index in [4.69, 9.17) is 4.74 Å². The fourth-order valence-electron chi connectivity index (χ4n) is 4.25. The van der Waals surface area contributed by atoms with Gasteiger partial charge in [-0.15, -0.1) is 24.0 Å². The fourth-order valence-corrected chi connectivity index (χ4v) is 4.25. The van der Waals surface area contributed by atoms with Crippen LogP contribution in [0.3, 0.4) is 0 Å². The van der Waals surface area contributed by atoms with Crippen molar-refractivity contribution < 1.29 is 9.53 Å². The number of hydrogen-bond acceptors (Lipinski definition) is 4. The second-order valence-electron chi connectivity index (χ2n) is 8.26. The number of carbonyl (C=O) groups is 1. The minimum absolute atomic E-state index is 0. The highest BCUT2D eigenvalue weighted by atomic mass is 127. The summed E-state index contributed by atoms with van der Waals surface area (Å²) in [6.07, 6.45) is 3.87. The maximum Gasteiger partial charge on any atom is 0.220 e. The van der Waals surface area contributed by atoms with Crippen LogP contribution in [-0.2, 0) is 16.1 Å². The van der Waals surface area contributed by atoms with E-state index in [0.717, 1.165) is 64.6 Å². The first-order valence-electron chi connectivity index (χ1n) is 10.9. The Morgan fingerprint density at radius 2 is 2.03 bits per heavy atom. The molecule has 7 nitrogen and oxygen atoms in total. The third-order valence-corrected chi connectivity index (χ3v) is 5.96. The van der Waals surface area contributed by atoms with Gasteiger partial charge in [-0.05, 0) is 24.8 Å². The van der Waals surface area contributed by atoms with Gasteiger partial charge in [0.15, 0.2) is 5.96 Å². The first-order valence-corrected chi connectivity index (χ1v) is 10.9. The molecule has 166 valence electrons. The van der Waals surface area contributed by atoms with E-state index in [2.05, 4.69) is 55.8 Å². The van der Waals surface area contributed by atoms with Gasteiger partial charge in [0.25, 0.3) is 0 Å². The van der Waals surface area contributed by atoms with Gasteiger partial charge in [0.2, 0.25) is 5.91 Å². The molecule has 2 heterocycles. The van der Waals surface area contributed by atoms with Crippen molar-refractivity contribution in [1.29, 1.82) is 0 Å². The summed E-state index contributed by atoms with van der Waals surface area (Å²) in [5.41, 5.74) is 1.35. The Balaban J connectivity index is 0.00000256. The first kappa shape index (κ1) is 23.3. The minimum atomic E-state index is 0. The molecule has 0 bridgehead atoms. The highest BCUT2D eigenvalue weighted by Crippen LogP contribution is 2.24. The van der Waals surface area contributed by atoms with Crippen LogP contribution in [0.2, 0.25) is 0 Å². The van der Waals surface area contributed by atoms with Crippen LogP contribution in [0.5, 0.6) is 0 Å². The summed E-state index contributed by atoms with van der Waals surface area (Å²) in [5.74, 6) is 1.08. The number of morpholine rings is 1. The van der Waals surface area contributed by atoms with Gasteiger partial charge in [-0.25, -0.2) is 0 Å². The molecular weight excluding hydrogens is 493 g/mol. The summed E-state index contributed by atoms with van der Waals surface area (Å²) in [6.45, 7) is 5.24. The minimum Gasteiger partial charge on any atom is -0.373 e. The Kier molecular flexibility index (Phi) is 8.76. The number of ether oxygens (including phenoxy) is 1. The molecule has 1 saturated carbocycles. The van der Waals surface area contributed by atoms with Crippen LogP contribution in [0.4, 0.5) is 0 Å². The van der Waals surface area contributed by atoms with Crippen molar-refractivity contribution in [3.63, 3.8) is 0 Å². The van der Waals surface area contributed by atoms with E-state index in [9.17, 15) is 4.79 Å². The number of halogens is 1. The van der Waals surface area contributed by atoms with E-state index in [-0.39, 0.29) is 36.0 Å². The number of amides is 1. The lowest BCUT2D eigenvalue weighted by Crippen LogP contribution is -2.50. The maximum absolute atomic E-state index is 11.8. The molecule has 2 N–H and O–H groups in total. The summed E-state index contributed by atoms with van der Waals surface area (Å²) < 4.78 is 6.08. The molecule has 0 aromatic heterocycles. The van der Waals surface area contributed by atoms with E-state index in [1.807, 2.05) is 7.05 Å². The van der Waals surface area contributed by atoms with Gasteiger partial charge in [-0.2, -0.15) is 0 Å². The van der Waals surface area contributed by atoms with Crippen molar-refractivity contribution >= 4 is 35.8 Å². The van der Waals surface area contributed by atoms with Crippen molar-refractivity contribution in [3.05, 3.63) is 35.9 Å². The molecule has 2 saturated heterocycles. The summed E-state index contributed by atoms with van der Waals surface area (Å²) in [5, 5.41) is 6.47. The summed E-state index contributed by atoms with van der Waals surface area (Å²) >= 11 is 0. The lowest BCUT2D eigenvalue weighted by atomic mass is 10.1. The van der Waals surface area contributed by atoms with Gasteiger partial charge >= 0.3 is 0 Å². The van der Waals surface area contributed by atoms with Gasteiger partial charge < -0.3 is 20.3 Å². The maximum atomic E-state index is 11.8. The molecule has 2 atom stereocenters. The van der Waals surface area contributed by atoms with Crippen molar-refractivity contribution in [3.8, 4) is 0 Å². The smallest absolute Gasteiger partial charge is 0.220 e. The number of nitrogens with zero attached hydrogens (tertiary/aromatic N) is 3. The van der Waals surface area contributed by atoms with Crippen LogP contribution in [0, 0.1) is 0 Å². The molecule has 0 radical (unpaired) electrons. The number of rotatable bonds is 7. The normalized spacial score (nSPS) is 24.2. The third kappa shape index (κ3) is 6.31. The van der Waals surface area contributed by atoms with Crippen LogP contribution >= 0.6 is 24.0 Å². The molecule has 0 spiro atoms. The molecule has 1 aliphatic carbocycles. The number of fused-ring (bicyclic) bond motifs is 1. The quantitative estimate of drug-likeness (QED) is 0.245. The number of hydrogen-bond donors (Lipinski definition) is 2. The van der Waals surface area contributed by atoms with Crippen LogP contribution in [0.1, 0.15) is 31.2 Å². The number of guanidine groups is 1. The van der Waals surface area contributed by atoms with Crippen LogP contribution in [-0.4, -0.2) is 79.7 Å². The predicted octanol–water partition coefficient (Wildman–Crippen LogP) is 1.82. The molecule has 4 rings (SSSR count). The van der Waals surface area contributed by atoms with Crippen molar-refractivity contribution in [2.24, 2.45) is 4.99 Å². The molecule has 2 aliphatic heterocycles. The molecule has 8 heteroatoms. The number of aliphatic imine (C=N–C) groups is 1. The molecular formula is C22H34IN5O2. The molecule has 1 aromatic carbocycles. The summed E-state index contributed by atoms with van der Waals surface area (Å²) in [4.78, 5) is 21.1. The first-order chi connectivity index (χ1) is 14.2. The lowest BCUT2D eigenvalue weighted by molar-refractivity contribution is -0.121.